The van der Waals surface area contributed by atoms with Gasteiger partial charge >= 0.3 is 5.97 Å². The van der Waals surface area contributed by atoms with E-state index in [1.165, 1.54) is 5.57 Å². The van der Waals surface area contributed by atoms with Crippen LogP contribution in [0.5, 0.6) is 0 Å². The lowest BCUT2D eigenvalue weighted by molar-refractivity contribution is -0.159. The van der Waals surface area contributed by atoms with E-state index in [1.54, 1.807) is 0 Å². The summed E-state index contributed by atoms with van der Waals surface area (Å²) in [5, 5.41) is 21.1. The first-order valence-electron chi connectivity index (χ1n) is 8.87. The second-order valence-electron chi connectivity index (χ2n) is 7.45. The third-order valence-electron chi connectivity index (χ3n) is 5.16. The van der Waals surface area contributed by atoms with Gasteiger partial charge in [-0.25, -0.2) is 4.79 Å². The molecule has 1 heterocycles. The van der Waals surface area contributed by atoms with Gasteiger partial charge in [0.15, 0.2) is 0 Å². The SMILES string of the molecule is CC(C)=CCCC(C)[C@@H]1[C@@H]2/C(=C\C/C=C(\C)C[C@@H]1O)C(=O)O[C@@H]2O. The Balaban J connectivity index is 2.30. The van der Waals surface area contributed by atoms with Gasteiger partial charge in [-0.3, -0.25) is 0 Å². The topological polar surface area (TPSA) is 66.8 Å². The molecule has 2 rings (SSSR count). The molecule has 2 aliphatic rings. The van der Waals surface area contributed by atoms with Crippen LogP contribution in [0, 0.1) is 17.8 Å². The Kier molecular flexibility index (Phi) is 6.41. The average molecular weight is 334 g/mol. The van der Waals surface area contributed by atoms with Crippen LogP contribution in [0.1, 0.15) is 53.4 Å². The van der Waals surface area contributed by atoms with E-state index in [-0.39, 0.29) is 11.8 Å². The summed E-state index contributed by atoms with van der Waals surface area (Å²) in [6.07, 6.45) is 7.33. The van der Waals surface area contributed by atoms with E-state index in [0.29, 0.717) is 18.4 Å². The van der Waals surface area contributed by atoms with Gasteiger partial charge in [0.05, 0.1) is 12.0 Å². The van der Waals surface area contributed by atoms with Crippen LogP contribution in [0.15, 0.2) is 34.9 Å². The molecular weight excluding hydrogens is 304 g/mol. The molecule has 0 radical (unpaired) electrons. The zero-order chi connectivity index (χ0) is 17.9. The minimum absolute atomic E-state index is 0.166. The number of hydrogen-bond donors (Lipinski definition) is 2. The third kappa shape index (κ3) is 4.37. The number of carbonyl (C=O) groups is 1. The molecule has 24 heavy (non-hydrogen) atoms. The zero-order valence-corrected chi connectivity index (χ0v) is 15.2. The maximum Gasteiger partial charge on any atom is 0.336 e. The highest BCUT2D eigenvalue weighted by molar-refractivity contribution is 5.91. The lowest BCUT2D eigenvalue weighted by Gasteiger charge is -2.34. The van der Waals surface area contributed by atoms with Crippen molar-refractivity contribution in [2.24, 2.45) is 17.8 Å². The van der Waals surface area contributed by atoms with Crippen LogP contribution in [-0.2, 0) is 9.53 Å². The fourth-order valence-electron chi connectivity index (χ4n) is 3.89. The van der Waals surface area contributed by atoms with Gasteiger partial charge in [-0.2, -0.15) is 0 Å². The maximum atomic E-state index is 12.1. The highest BCUT2D eigenvalue weighted by Gasteiger charge is 2.47. The summed E-state index contributed by atoms with van der Waals surface area (Å²) in [6.45, 7) is 8.24. The van der Waals surface area contributed by atoms with E-state index in [0.717, 1.165) is 18.4 Å². The molecule has 0 aromatic carbocycles. The standard InChI is InChI=1S/C20H30O4/c1-12(2)7-5-9-14(4)17-16(21)11-13(3)8-6-10-15-18(17)20(23)24-19(15)22/h7-8,10,14,16-18,20-21,23H,5-6,9,11H2,1-4H3/b13-8+,15-10+/t14?,16-,17-,18-,20-/m0/s1. The molecular formula is C20H30O4. The first-order chi connectivity index (χ1) is 11.3. The summed E-state index contributed by atoms with van der Waals surface area (Å²) in [5.74, 6) is -0.939. The summed E-state index contributed by atoms with van der Waals surface area (Å²) >= 11 is 0. The van der Waals surface area contributed by atoms with Crippen LogP contribution in [0.4, 0.5) is 0 Å². The summed E-state index contributed by atoms with van der Waals surface area (Å²) in [6, 6.07) is 0. The van der Waals surface area contributed by atoms with Crippen LogP contribution < -0.4 is 0 Å². The number of ether oxygens (including phenoxy) is 1. The minimum atomic E-state index is -1.16. The van der Waals surface area contributed by atoms with Crippen molar-refractivity contribution in [1.29, 1.82) is 0 Å². The van der Waals surface area contributed by atoms with Gasteiger partial charge < -0.3 is 14.9 Å². The number of rotatable bonds is 4. The van der Waals surface area contributed by atoms with Crippen molar-refractivity contribution in [2.75, 3.05) is 0 Å². The molecule has 0 saturated carbocycles. The summed E-state index contributed by atoms with van der Waals surface area (Å²) in [7, 11) is 0. The van der Waals surface area contributed by atoms with Gasteiger partial charge in [-0.1, -0.05) is 36.3 Å². The van der Waals surface area contributed by atoms with Crippen molar-refractivity contribution in [3.63, 3.8) is 0 Å². The molecule has 0 amide bonds. The number of aliphatic hydroxyl groups is 2. The summed E-state index contributed by atoms with van der Waals surface area (Å²) in [5.41, 5.74) is 2.91. The highest BCUT2D eigenvalue weighted by Crippen LogP contribution is 2.42. The Labute approximate surface area is 144 Å². The largest absolute Gasteiger partial charge is 0.432 e. The molecule has 0 aromatic heterocycles. The van der Waals surface area contributed by atoms with E-state index in [2.05, 4.69) is 26.8 Å². The molecule has 134 valence electrons. The van der Waals surface area contributed by atoms with E-state index >= 15 is 0 Å². The predicted molar refractivity (Wildman–Crippen MR) is 94.0 cm³/mol. The number of hydrogen-bond acceptors (Lipinski definition) is 4. The molecule has 1 aliphatic heterocycles. The zero-order valence-electron chi connectivity index (χ0n) is 15.2. The van der Waals surface area contributed by atoms with Gasteiger partial charge in [-0.15, -0.1) is 0 Å². The van der Waals surface area contributed by atoms with E-state index in [1.807, 2.05) is 19.1 Å². The van der Waals surface area contributed by atoms with Gasteiger partial charge in [0, 0.05) is 11.5 Å². The number of aliphatic hydroxyl groups excluding tert-OH is 2. The molecule has 1 fully saturated rings. The highest BCUT2D eigenvalue weighted by atomic mass is 16.6. The number of cyclic esters (lactones) is 1. The van der Waals surface area contributed by atoms with Crippen molar-refractivity contribution in [1.82, 2.24) is 0 Å². The van der Waals surface area contributed by atoms with Crippen molar-refractivity contribution in [2.45, 2.75) is 65.8 Å². The van der Waals surface area contributed by atoms with Gasteiger partial charge in [0.2, 0.25) is 6.29 Å². The van der Waals surface area contributed by atoms with E-state index in [4.69, 9.17) is 4.74 Å². The fraction of sp³-hybridized carbons (Fsp3) is 0.650. The molecule has 0 spiro atoms. The first-order valence-corrected chi connectivity index (χ1v) is 8.87. The third-order valence-corrected chi connectivity index (χ3v) is 5.16. The Morgan fingerprint density at radius 3 is 2.75 bits per heavy atom. The lowest BCUT2D eigenvalue weighted by Crippen LogP contribution is -2.38. The number of fused-ring (bicyclic) bond motifs is 1. The second-order valence-corrected chi connectivity index (χ2v) is 7.45. The number of allylic oxidation sites excluding steroid dienone is 4. The Bertz CT molecular complexity index is 554. The Morgan fingerprint density at radius 1 is 1.38 bits per heavy atom. The molecule has 2 N–H and O–H groups in total. The van der Waals surface area contributed by atoms with Crippen molar-refractivity contribution < 1.29 is 19.7 Å². The molecule has 1 aliphatic carbocycles. The van der Waals surface area contributed by atoms with Crippen molar-refractivity contribution in [3.05, 3.63) is 34.9 Å². The first kappa shape index (κ1) is 18.9. The predicted octanol–water partition coefficient (Wildman–Crippen LogP) is 3.50. The van der Waals surface area contributed by atoms with Gasteiger partial charge in [0.1, 0.15) is 0 Å². The average Bonchev–Trinajstić information content (AvgIpc) is 2.76. The van der Waals surface area contributed by atoms with Crippen LogP contribution in [-0.4, -0.2) is 28.6 Å². The maximum absolute atomic E-state index is 12.1. The Morgan fingerprint density at radius 2 is 2.08 bits per heavy atom. The fourth-order valence-corrected chi connectivity index (χ4v) is 3.89. The minimum Gasteiger partial charge on any atom is -0.432 e. The molecule has 5 atom stereocenters. The smallest absolute Gasteiger partial charge is 0.336 e. The van der Waals surface area contributed by atoms with Gasteiger partial charge in [0.25, 0.3) is 0 Å². The summed E-state index contributed by atoms with van der Waals surface area (Å²) in [4.78, 5) is 12.1. The number of carbonyl (C=O) groups excluding carboxylic acids is 1. The summed E-state index contributed by atoms with van der Waals surface area (Å²) < 4.78 is 5.06. The molecule has 1 saturated heterocycles. The molecule has 0 aromatic rings. The quantitative estimate of drug-likeness (QED) is 0.610. The number of esters is 1. The lowest BCUT2D eigenvalue weighted by atomic mass is 9.73. The molecule has 4 nitrogen and oxygen atoms in total. The van der Waals surface area contributed by atoms with Crippen LogP contribution in [0.25, 0.3) is 0 Å². The van der Waals surface area contributed by atoms with Crippen LogP contribution in [0.2, 0.25) is 0 Å². The van der Waals surface area contributed by atoms with Crippen molar-refractivity contribution >= 4 is 5.97 Å². The monoisotopic (exact) mass is 334 g/mol. The van der Waals surface area contributed by atoms with Crippen LogP contribution >= 0.6 is 0 Å². The molecule has 0 bridgehead atoms. The molecule has 4 heteroatoms. The van der Waals surface area contributed by atoms with Crippen molar-refractivity contribution in [3.8, 4) is 0 Å². The Hall–Kier alpha value is -1.39. The van der Waals surface area contributed by atoms with Gasteiger partial charge in [-0.05, 0) is 52.4 Å². The normalized spacial score (nSPS) is 36.0. The molecule has 1 unspecified atom stereocenters. The van der Waals surface area contributed by atoms with E-state index < -0.39 is 24.3 Å². The van der Waals surface area contributed by atoms with E-state index in [9.17, 15) is 15.0 Å². The second kappa shape index (κ2) is 8.13. The van der Waals surface area contributed by atoms with Crippen LogP contribution in [0.3, 0.4) is 0 Å².